The largest absolute Gasteiger partial charge is 0.475 e. The van der Waals surface area contributed by atoms with Gasteiger partial charge in [0.05, 0.1) is 10.4 Å². The predicted octanol–water partition coefficient (Wildman–Crippen LogP) is 4.62. The molecule has 10 heteroatoms. The molecular weight excluding hydrogens is 484 g/mol. The monoisotopic (exact) mass is 504 g/mol. The Morgan fingerprint density at radius 3 is 2.60 bits per heavy atom. The van der Waals surface area contributed by atoms with Gasteiger partial charge in [-0.05, 0) is 35.7 Å². The molecule has 0 fully saturated rings. The lowest BCUT2D eigenvalue weighted by molar-refractivity contribution is -0.118. The summed E-state index contributed by atoms with van der Waals surface area (Å²) in [6, 6.07) is 14.1. The third kappa shape index (κ3) is 4.58. The number of thiazole rings is 1. The van der Waals surface area contributed by atoms with Crippen LogP contribution < -0.4 is 14.5 Å². The number of ether oxygens (including phenoxy) is 1. The number of pyridine rings is 1. The lowest BCUT2D eigenvalue weighted by Crippen LogP contribution is -2.35. The molecule has 8 nitrogen and oxygen atoms in total. The van der Waals surface area contributed by atoms with Crippen LogP contribution in [0.1, 0.15) is 38.2 Å². The minimum atomic E-state index is -0.851. The molecule has 35 heavy (non-hydrogen) atoms. The second-order valence-corrected chi connectivity index (χ2v) is 9.54. The van der Waals surface area contributed by atoms with Crippen LogP contribution in [0.15, 0.2) is 71.7 Å². The van der Waals surface area contributed by atoms with E-state index in [9.17, 15) is 14.4 Å². The van der Waals surface area contributed by atoms with Crippen molar-refractivity contribution in [3.05, 3.63) is 87.8 Å². The molecule has 0 saturated heterocycles. The number of hydrogen-bond acceptors (Lipinski definition) is 8. The second kappa shape index (κ2) is 9.77. The number of Topliss-reactive ketones (excluding diaryl/α,β-unsaturated/α-hetero) is 1. The van der Waals surface area contributed by atoms with Crippen LogP contribution >= 0.6 is 22.7 Å². The molecule has 0 aliphatic carbocycles. The Morgan fingerprint density at radius 1 is 1.06 bits per heavy atom. The SMILES string of the molecule is CN(C(=O)CCN(C(=O)c1cccs1)c1nc(C2Oc3ccccc3C2=O)cs1)c1ccncc1. The number of thiophene rings is 1. The molecular formula is C25H20N4O4S2. The molecule has 0 radical (unpaired) electrons. The van der Waals surface area contributed by atoms with E-state index in [4.69, 9.17) is 4.74 Å². The molecule has 1 unspecified atom stereocenters. The molecule has 4 aromatic rings. The summed E-state index contributed by atoms with van der Waals surface area (Å²) in [6.45, 7) is 0.137. The summed E-state index contributed by atoms with van der Waals surface area (Å²) in [4.78, 5) is 51.1. The van der Waals surface area contributed by atoms with Gasteiger partial charge in [-0.25, -0.2) is 4.98 Å². The van der Waals surface area contributed by atoms with Crippen molar-refractivity contribution in [3.8, 4) is 5.75 Å². The number of amides is 2. The molecule has 0 bridgehead atoms. The highest BCUT2D eigenvalue weighted by molar-refractivity contribution is 7.14. The van der Waals surface area contributed by atoms with Gasteiger partial charge in [-0.15, -0.1) is 22.7 Å². The Bertz CT molecular complexity index is 1370. The summed E-state index contributed by atoms with van der Waals surface area (Å²) in [5.41, 5.74) is 1.67. The maximum absolute atomic E-state index is 13.3. The number of rotatable bonds is 7. The van der Waals surface area contributed by atoms with Gasteiger partial charge in [-0.2, -0.15) is 0 Å². The van der Waals surface area contributed by atoms with E-state index in [1.54, 1.807) is 67.3 Å². The van der Waals surface area contributed by atoms with Gasteiger partial charge in [0.1, 0.15) is 11.4 Å². The van der Waals surface area contributed by atoms with Crippen molar-refractivity contribution in [2.24, 2.45) is 0 Å². The average molecular weight is 505 g/mol. The predicted molar refractivity (Wildman–Crippen MR) is 135 cm³/mol. The van der Waals surface area contributed by atoms with Crippen LogP contribution in [0.4, 0.5) is 10.8 Å². The van der Waals surface area contributed by atoms with Gasteiger partial charge < -0.3 is 9.64 Å². The van der Waals surface area contributed by atoms with E-state index in [0.29, 0.717) is 32.7 Å². The maximum atomic E-state index is 13.3. The van der Waals surface area contributed by atoms with Crippen molar-refractivity contribution in [2.45, 2.75) is 12.5 Å². The minimum Gasteiger partial charge on any atom is -0.475 e. The molecule has 1 aliphatic heterocycles. The molecule has 5 rings (SSSR count). The van der Waals surface area contributed by atoms with Crippen LogP contribution in [0.3, 0.4) is 0 Å². The Morgan fingerprint density at radius 2 is 1.86 bits per heavy atom. The fourth-order valence-corrected chi connectivity index (χ4v) is 5.25. The summed E-state index contributed by atoms with van der Waals surface area (Å²) in [5.74, 6) is -0.0417. The van der Waals surface area contributed by atoms with Gasteiger partial charge in [-0.1, -0.05) is 18.2 Å². The van der Waals surface area contributed by atoms with Crippen LogP contribution in [0.25, 0.3) is 0 Å². The first-order chi connectivity index (χ1) is 17.0. The lowest BCUT2D eigenvalue weighted by atomic mass is 10.1. The summed E-state index contributed by atoms with van der Waals surface area (Å²) in [5, 5.41) is 3.96. The molecule has 1 atom stereocenters. The second-order valence-electron chi connectivity index (χ2n) is 7.76. The highest BCUT2D eigenvalue weighted by Crippen LogP contribution is 2.38. The first-order valence-electron chi connectivity index (χ1n) is 10.8. The minimum absolute atomic E-state index is 0.0924. The van der Waals surface area contributed by atoms with E-state index in [-0.39, 0.29) is 30.6 Å². The zero-order chi connectivity index (χ0) is 24.4. The molecule has 1 aromatic carbocycles. The number of carbonyl (C=O) groups is 3. The Labute approximate surface area is 209 Å². The number of hydrogen-bond donors (Lipinski definition) is 0. The average Bonchev–Trinajstić information content (AvgIpc) is 3.65. The quantitative estimate of drug-likeness (QED) is 0.365. The molecule has 0 saturated carbocycles. The number of benzene rings is 1. The molecule has 3 aromatic heterocycles. The number of nitrogens with zero attached hydrogens (tertiary/aromatic N) is 4. The lowest BCUT2D eigenvalue weighted by Gasteiger charge is -2.22. The number of ketones is 1. The fraction of sp³-hybridized carbons (Fsp3) is 0.160. The van der Waals surface area contributed by atoms with Gasteiger partial charge in [0.15, 0.2) is 5.13 Å². The van der Waals surface area contributed by atoms with E-state index < -0.39 is 6.10 Å². The fourth-order valence-electron chi connectivity index (χ4n) is 3.71. The van der Waals surface area contributed by atoms with E-state index >= 15 is 0 Å². The van der Waals surface area contributed by atoms with E-state index in [1.165, 1.54) is 32.5 Å². The highest BCUT2D eigenvalue weighted by Gasteiger charge is 2.36. The number of aromatic nitrogens is 2. The Balaban J connectivity index is 1.36. The highest BCUT2D eigenvalue weighted by atomic mass is 32.1. The Kier molecular flexibility index (Phi) is 6.39. The molecule has 0 spiro atoms. The zero-order valence-corrected chi connectivity index (χ0v) is 20.3. The summed E-state index contributed by atoms with van der Waals surface area (Å²) >= 11 is 2.56. The van der Waals surface area contributed by atoms with E-state index in [0.717, 1.165) is 0 Å². The van der Waals surface area contributed by atoms with Crippen molar-refractivity contribution in [1.29, 1.82) is 0 Å². The van der Waals surface area contributed by atoms with Crippen molar-refractivity contribution in [3.63, 3.8) is 0 Å². The molecule has 1 aliphatic rings. The van der Waals surface area contributed by atoms with Crippen LogP contribution in [-0.4, -0.2) is 41.2 Å². The van der Waals surface area contributed by atoms with Crippen LogP contribution in [-0.2, 0) is 4.79 Å². The van der Waals surface area contributed by atoms with Crippen LogP contribution in [0.5, 0.6) is 5.75 Å². The first kappa shape index (κ1) is 22.9. The van der Waals surface area contributed by atoms with E-state index in [1.807, 2.05) is 11.4 Å². The van der Waals surface area contributed by atoms with Crippen molar-refractivity contribution >= 4 is 51.1 Å². The third-order valence-electron chi connectivity index (χ3n) is 5.60. The molecule has 4 heterocycles. The number of anilines is 2. The number of carbonyl (C=O) groups excluding carboxylic acids is 3. The topological polar surface area (TPSA) is 92.7 Å². The first-order valence-corrected chi connectivity index (χ1v) is 12.6. The maximum Gasteiger partial charge on any atom is 0.270 e. The summed E-state index contributed by atoms with van der Waals surface area (Å²) in [7, 11) is 1.69. The van der Waals surface area contributed by atoms with Crippen LogP contribution in [0, 0.1) is 0 Å². The van der Waals surface area contributed by atoms with Crippen molar-refractivity contribution in [2.75, 3.05) is 23.4 Å². The van der Waals surface area contributed by atoms with Gasteiger partial charge >= 0.3 is 0 Å². The molecule has 0 N–H and O–H groups in total. The smallest absolute Gasteiger partial charge is 0.270 e. The molecule has 176 valence electrons. The van der Waals surface area contributed by atoms with Gasteiger partial charge in [-0.3, -0.25) is 24.3 Å². The zero-order valence-electron chi connectivity index (χ0n) is 18.7. The van der Waals surface area contributed by atoms with Gasteiger partial charge in [0.2, 0.25) is 17.8 Å². The number of para-hydroxylation sites is 1. The third-order valence-corrected chi connectivity index (χ3v) is 7.34. The summed E-state index contributed by atoms with van der Waals surface area (Å²) in [6.07, 6.45) is 2.48. The normalized spacial score (nSPS) is 14.3. The summed E-state index contributed by atoms with van der Waals surface area (Å²) < 4.78 is 5.84. The Hall–Kier alpha value is -3.89. The van der Waals surface area contributed by atoms with Crippen LogP contribution in [0.2, 0.25) is 0 Å². The van der Waals surface area contributed by atoms with Gasteiger partial charge in [0, 0.05) is 43.5 Å². The van der Waals surface area contributed by atoms with E-state index in [2.05, 4.69) is 9.97 Å². The number of fused-ring (bicyclic) bond motifs is 1. The standard InChI is InChI=1S/C25H20N4O4S2/c1-28(16-8-11-26-12-9-16)21(30)10-13-29(24(32)20-7-4-14-34-20)25-27-18(15-35-25)23-22(31)17-5-2-3-6-19(17)33-23/h2-9,11-12,14-15,23H,10,13H2,1H3. The van der Waals surface area contributed by atoms with Crippen molar-refractivity contribution < 1.29 is 19.1 Å². The van der Waals surface area contributed by atoms with Crippen molar-refractivity contribution in [1.82, 2.24) is 9.97 Å². The molecule has 2 amide bonds. The van der Waals surface area contributed by atoms with Gasteiger partial charge in [0.25, 0.3) is 5.91 Å².